The van der Waals surface area contributed by atoms with Crippen molar-refractivity contribution in [3.05, 3.63) is 34.3 Å². The molecule has 7 heteroatoms. The molecule has 0 atom stereocenters. The highest BCUT2D eigenvalue weighted by atomic mass is 35.5. The molecule has 25 heavy (non-hydrogen) atoms. The van der Waals surface area contributed by atoms with Crippen molar-refractivity contribution in [3.63, 3.8) is 0 Å². The Morgan fingerprint density at radius 2 is 2.16 bits per heavy atom. The van der Waals surface area contributed by atoms with Crippen molar-refractivity contribution in [2.75, 3.05) is 19.7 Å². The fourth-order valence-electron chi connectivity index (χ4n) is 3.33. The van der Waals surface area contributed by atoms with Gasteiger partial charge in [0.05, 0.1) is 18.2 Å². The summed E-state index contributed by atoms with van der Waals surface area (Å²) < 4.78 is 10.6. The number of aryl methyl sites for hydroxylation is 1. The normalized spacial score (nSPS) is 24.2. The van der Waals surface area contributed by atoms with E-state index in [2.05, 4.69) is 0 Å². The topological polar surface area (TPSA) is 81.9 Å². The number of halogens is 1. The van der Waals surface area contributed by atoms with Crippen LogP contribution in [0.15, 0.2) is 18.2 Å². The van der Waals surface area contributed by atoms with Crippen molar-refractivity contribution >= 4 is 24.0 Å². The maximum atomic E-state index is 12.4. The second kappa shape index (κ2) is 7.32. The van der Waals surface area contributed by atoms with Gasteiger partial charge in [0.25, 0.3) is 6.47 Å². The Hall–Kier alpha value is -1.63. The third-order valence-corrected chi connectivity index (χ3v) is 5.34. The smallest absolute Gasteiger partial charge is 0.293 e. The first-order valence-electron chi connectivity index (χ1n) is 8.40. The lowest BCUT2D eigenvalue weighted by Gasteiger charge is -2.49. The number of amides is 1. The summed E-state index contributed by atoms with van der Waals surface area (Å²) in [6.45, 7) is 3.90. The van der Waals surface area contributed by atoms with Gasteiger partial charge in [-0.15, -0.1) is 0 Å². The van der Waals surface area contributed by atoms with Gasteiger partial charge in [-0.05, 0) is 37.0 Å². The van der Waals surface area contributed by atoms with E-state index in [0.29, 0.717) is 26.2 Å². The molecular weight excluding hydrogens is 344 g/mol. The van der Waals surface area contributed by atoms with Gasteiger partial charge in [0.2, 0.25) is 5.91 Å². The molecule has 3 rings (SSSR count). The Kier molecular flexibility index (Phi) is 5.32. The van der Waals surface area contributed by atoms with Gasteiger partial charge >= 0.3 is 0 Å². The summed E-state index contributed by atoms with van der Waals surface area (Å²) in [7, 11) is 0. The minimum atomic E-state index is -0.595. The van der Waals surface area contributed by atoms with Crippen LogP contribution >= 0.6 is 11.6 Å². The highest BCUT2D eigenvalue weighted by Gasteiger charge is 2.47. The van der Waals surface area contributed by atoms with Gasteiger partial charge in [-0.1, -0.05) is 23.7 Å². The van der Waals surface area contributed by atoms with Crippen molar-refractivity contribution in [1.82, 2.24) is 4.90 Å². The van der Waals surface area contributed by atoms with Gasteiger partial charge in [-0.3, -0.25) is 9.59 Å². The van der Waals surface area contributed by atoms with Gasteiger partial charge < -0.3 is 20.1 Å². The van der Waals surface area contributed by atoms with Gasteiger partial charge in [0.15, 0.2) is 0 Å². The van der Waals surface area contributed by atoms with Crippen LogP contribution in [0.4, 0.5) is 0 Å². The van der Waals surface area contributed by atoms with Gasteiger partial charge in [-0.2, -0.15) is 0 Å². The molecule has 1 saturated carbocycles. The Labute approximate surface area is 152 Å². The van der Waals surface area contributed by atoms with Crippen LogP contribution in [0.1, 0.15) is 24.0 Å². The zero-order valence-electron chi connectivity index (χ0n) is 14.2. The number of hydrogen-bond donors (Lipinski definition) is 1. The summed E-state index contributed by atoms with van der Waals surface area (Å²) in [5.41, 5.74) is 7.55. The number of rotatable bonds is 7. The fourth-order valence-corrected chi connectivity index (χ4v) is 3.45. The number of nitrogens with zero attached hydrogens (tertiary/aromatic N) is 1. The van der Waals surface area contributed by atoms with Crippen LogP contribution in [0.2, 0.25) is 5.02 Å². The number of carbonyl (C=O) groups is 2. The molecule has 1 saturated heterocycles. The Morgan fingerprint density at radius 3 is 2.80 bits per heavy atom. The first kappa shape index (κ1) is 18.2. The molecule has 0 radical (unpaired) electrons. The molecule has 1 aromatic rings. The predicted octanol–water partition coefficient (Wildman–Crippen LogP) is 1.66. The average molecular weight is 367 g/mol. The molecule has 0 spiro atoms. The van der Waals surface area contributed by atoms with Crippen LogP contribution in [0, 0.1) is 12.8 Å². The van der Waals surface area contributed by atoms with E-state index in [-0.39, 0.29) is 24.5 Å². The van der Waals surface area contributed by atoms with Crippen LogP contribution < -0.4 is 5.73 Å². The van der Waals surface area contributed by atoms with Gasteiger partial charge in [-0.25, -0.2) is 0 Å². The lowest BCUT2D eigenvalue weighted by molar-refractivity contribution is -0.155. The fraction of sp³-hybridized carbons (Fsp3) is 0.556. The van der Waals surface area contributed by atoms with E-state index < -0.39 is 5.54 Å². The SMILES string of the molecule is Cc1cc(COC2CC(C(=O)N3CC(N)(COC=O)C3)C2)ccc1Cl. The van der Waals surface area contributed by atoms with Crippen molar-refractivity contribution < 1.29 is 19.1 Å². The minimum Gasteiger partial charge on any atom is -0.466 e. The number of carbonyl (C=O) groups excluding carboxylic acids is 2. The Morgan fingerprint density at radius 1 is 1.44 bits per heavy atom. The number of benzene rings is 1. The molecule has 0 unspecified atom stereocenters. The Balaban J connectivity index is 1.37. The summed E-state index contributed by atoms with van der Waals surface area (Å²) in [5, 5.41) is 0.752. The van der Waals surface area contributed by atoms with Crippen LogP contribution in [0.5, 0.6) is 0 Å². The van der Waals surface area contributed by atoms with E-state index >= 15 is 0 Å². The number of ether oxygens (including phenoxy) is 2. The maximum absolute atomic E-state index is 12.4. The summed E-state index contributed by atoms with van der Waals surface area (Å²) >= 11 is 6.02. The lowest BCUT2D eigenvalue weighted by Crippen LogP contribution is -2.71. The standard InChI is InChI=1S/C18H23ClN2O4/c1-12-4-13(2-3-16(12)19)7-25-15-5-14(6-15)17(23)21-8-18(20,9-21)10-24-11-22/h2-4,11,14-15H,5-10,20H2,1H3. The largest absolute Gasteiger partial charge is 0.466 e. The molecule has 2 N–H and O–H groups in total. The average Bonchev–Trinajstić information content (AvgIpc) is 2.51. The summed E-state index contributed by atoms with van der Waals surface area (Å²) in [6, 6.07) is 5.85. The first-order valence-corrected chi connectivity index (χ1v) is 8.77. The second-order valence-electron chi connectivity index (χ2n) is 7.15. The molecule has 0 bridgehead atoms. The third kappa shape index (κ3) is 4.14. The van der Waals surface area contributed by atoms with E-state index in [1.54, 1.807) is 4.90 Å². The molecule has 136 valence electrons. The van der Waals surface area contributed by atoms with Gasteiger partial charge in [0.1, 0.15) is 6.61 Å². The number of nitrogens with two attached hydrogens (primary N) is 1. The zero-order valence-corrected chi connectivity index (χ0v) is 15.0. The summed E-state index contributed by atoms with van der Waals surface area (Å²) in [5.74, 6) is 0.128. The zero-order chi connectivity index (χ0) is 18.0. The molecule has 2 aliphatic rings. The first-order chi connectivity index (χ1) is 11.9. The van der Waals surface area contributed by atoms with Crippen LogP contribution in [-0.4, -0.2) is 48.6 Å². The molecule has 6 nitrogen and oxygen atoms in total. The van der Waals surface area contributed by atoms with E-state index in [0.717, 1.165) is 29.0 Å². The lowest BCUT2D eigenvalue weighted by atomic mass is 9.79. The van der Waals surface area contributed by atoms with Crippen molar-refractivity contribution in [2.24, 2.45) is 11.7 Å². The summed E-state index contributed by atoms with van der Waals surface area (Å²) in [6.07, 6.45) is 1.60. The number of hydrogen-bond acceptors (Lipinski definition) is 5. The monoisotopic (exact) mass is 366 g/mol. The molecule has 1 aliphatic carbocycles. The third-order valence-electron chi connectivity index (χ3n) is 4.91. The van der Waals surface area contributed by atoms with Crippen molar-refractivity contribution in [3.8, 4) is 0 Å². The minimum absolute atomic E-state index is 0.00786. The van der Waals surface area contributed by atoms with E-state index in [4.69, 9.17) is 26.8 Å². The summed E-state index contributed by atoms with van der Waals surface area (Å²) in [4.78, 5) is 24.3. The second-order valence-corrected chi connectivity index (χ2v) is 7.56. The number of likely N-dealkylation sites (tertiary alicyclic amines) is 1. The van der Waals surface area contributed by atoms with Crippen molar-refractivity contribution in [1.29, 1.82) is 0 Å². The molecule has 1 amide bonds. The molecular formula is C18H23ClN2O4. The highest BCUT2D eigenvalue weighted by molar-refractivity contribution is 6.31. The molecule has 1 heterocycles. The van der Waals surface area contributed by atoms with Crippen LogP contribution in [0.25, 0.3) is 0 Å². The molecule has 1 aliphatic heterocycles. The quantitative estimate of drug-likeness (QED) is 0.742. The molecule has 0 aromatic heterocycles. The van der Waals surface area contributed by atoms with Crippen molar-refractivity contribution in [2.45, 2.75) is 38.0 Å². The Bertz CT molecular complexity index is 654. The van der Waals surface area contributed by atoms with E-state index in [1.165, 1.54) is 0 Å². The van der Waals surface area contributed by atoms with Crippen LogP contribution in [-0.2, 0) is 25.7 Å². The van der Waals surface area contributed by atoms with E-state index in [1.807, 2.05) is 25.1 Å². The maximum Gasteiger partial charge on any atom is 0.293 e. The highest BCUT2D eigenvalue weighted by Crippen LogP contribution is 2.34. The predicted molar refractivity (Wildman–Crippen MR) is 93.0 cm³/mol. The van der Waals surface area contributed by atoms with E-state index in [9.17, 15) is 9.59 Å². The van der Waals surface area contributed by atoms with Crippen LogP contribution in [0.3, 0.4) is 0 Å². The van der Waals surface area contributed by atoms with Gasteiger partial charge in [0, 0.05) is 24.0 Å². The molecule has 1 aromatic carbocycles. The molecule has 2 fully saturated rings.